The Hall–Kier alpha value is -1.59. The zero-order valence-corrected chi connectivity index (χ0v) is 9.98. The Bertz CT molecular complexity index is 562. The molecule has 0 bridgehead atoms. The van der Waals surface area contributed by atoms with Gasteiger partial charge in [-0.1, -0.05) is 29.8 Å². The van der Waals surface area contributed by atoms with Gasteiger partial charge in [0.2, 0.25) is 5.89 Å². The largest absolute Gasteiger partial charge is 0.437 e. The summed E-state index contributed by atoms with van der Waals surface area (Å²) in [6.45, 7) is 0.455. The lowest BCUT2D eigenvalue weighted by atomic mass is 10.2. The molecule has 0 saturated carbocycles. The van der Waals surface area contributed by atoms with Crippen LogP contribution in [0.4, 0.5) is 0 Å². The molecule has 0 fully saturated rings. The van der Waals surface area contributed by atoms with Crippen molar-refractivity contribution in [3.05, 3.63) is 51.3 Å². The van der Waals surface area contributed by atoms with Crippen LogP contribution in [0.1, 0.15) is 11.5 Å². The van der Waals surface area contributed by atoms with E-state index in [1.54, 1.807) is 6.07 Å². The van der Waals surface area contributed by atoms with Crippen molar-refractivity contribution < 1.29 is 9.15 Å². The molecule has 5 nitrogen and oxygen atoms in total. The summed E-state index contributed by atoms with van der Waals surface area (Å²) < 4.78 is 10.9. The van der Waals surface area contributed by atoms with E-state index in [0.717, 1.165) is 5.56 Å². The average Bonchev–Trinajstić information content (AvgIpc) is 2.63. The zero-order chi connectivity index (χ0) is 12.3. The highest BCUT2D eigenvalue weighted by Crippen LogP contribution is 2.15. The number of aromatic nitrogens is 2. The van der Waals surface area contributed by atoms with Crippen LogP contribution < -0.4 is 5.76 Å². The molecule has 0 atom stereocenters. The molecule has 0 aliphatic heterocycles. The summed E-state index contributed by atoms with van der Waals surface area (Å²) in [7, 11) is 1.51. The molecule has 0 unspecified atom stereocenters. The molecule has 0 saturated heterocycles. The number of methoxy groups -OCH3 is 1. The first kappa shape index (κ1) is 11.9. The molecule has 17 heavy (non-hydrogen) atoms. The van der Waals surface area contributed by atoms with E-state index in [-0.39, 0.29) is 19.0 Å². The minimum Gasteiger partial charge on any atom is -0.390 e. The Labute approximate surface area is 103 Å². The van der Waals surface area contributed by atoms with E-state index in [1.165, 1.54) is 11.8 Å². The summed E-state index contributed by atoms with van der Waals surface area (Å²) in [6.07, 6.45) is 0. The van der Waals surface area contributed by atoms with Crippen LogP contribution in [-0.4, -0.2) is 16.9 Å². The van der Waals surface area contributed by atoms with Crippen LogP contribution in [0.2, 0.25) is 5.02 Å². The summed E-state index contributed by atoms with van der Waals surface area (Å²) in [4.78, 5) is 11.5. The first-order valence-electron chi connectivity index (χ1n) is 5.00. The smallest absolute Gasteiger partial charge is 0.390 e. The number of hydrogen-bond donors (Lipinski definition) is 0. The average molecular weight is 255 g/mol. The minimum atomic E-state index is -0.517. The summed E-state index contributed by atoms with van der Waals surface area (Å²) in [5.41, 5.74) is 0.813. The highest BCUT2D eigenvalue weighted by atomic mass is 35.5. The molecule has 0 N–H and O–H groups in total. The maximum Gasteiger partial charge on any atom is 0.437 e. The van der Waals surface area contributed by atoms with Crippen molar-refractivity contribution in [1.29, 1.82) is 0 Å². The molecular formula is C11H11ClN2O3. The number of nitrogens with zero attached hydrogens (tertiary/aromatic N) is 2. The van der Waals surface area contributed by atoms with Gasteiger partial charge >= 0.3 is 5.76 Å². The van der Waals surface area contributed by atoms with E-state index in [9.17, 15) is 4.79 Å². The van der Waals surface area contributed by atoms with Gasteiger partial charge in [0, 0.05) is 12.1 Å². The van der Waals surface area contributed by atoms with Crippen LogP contribution in [0.15, 0.2) is 33.5 Å². The quantitative estimate of drug-likeness (QED) is 0.833. The number of rotatable bonds is 4. The molecule has 1 aromatic heterocycles. The van der Waals surface area contributed by atoms with Crippen LogP contribution in [0.25, 0.3) is 0 Å². The summed E-state index contributed by atoms with van der Waals surface area (Å²) in [5, 5.41) is 4.58. The van der Waals surface area contributed by atoms with Crippen LogP contribution in [0.5, 0.6) is 0 Å². The third-order valence-electron chi connectivity index (χ3n) is 2.19. The predicted octanol–water partition coefficient (Wildman–Crippen LogP) is 1.68. The third kappa shape index (κ3) is 2.75. The van der Waals surface area contributed by atoms with Crippen molar-refractivity contribution in [3.63, 3.8) is 0 Å². The Kier molecular flexibility index (Phi) is 3.61. The normalized spacial score (nSPS) is 10.7. The molecule has 0 spiro atoms. The SMILES string of the molecule is COCc1nn(Cc2ccccc2Cl)c(=O)o1. The van der Waals surface area contributed by atoms with Crippen molar-refractivity contribution >= 4 is 11.6 Å². The molecule has 2 rings (SSSR count). The molecule has 1 aromatic carbocycles. The molecule has 0 aliphatic carbocycles. The van der Waals surface area contributed by atoms with Crippen LogP contribution in [0.3, 0.4) is 0 Å². The van der Waals surface area contributed by atoms with Gasteiger partial charge in [-0.2, -0.15) is 4.68 Å². The lowest BCUT2D eigenvalue weighted by molar-refractivity contribution is 0.158. The third-order valence-corrected chi connectivity index (χ3v) is 2.56. The van der Waals surface area contributed by atoms with E-state index < -0.39 is 5.76 Å². The number of ether oxygens (including phenoxy) is 1. The Morgan fingerprint density at radius 2 is 2.24 bits per heavy atom. The number of benzene rings is 1. The van der Waals surface area contributed by atoms with E-state index in [1.807, 2.05) is 18.2 Å². The fourth-order valence-corrected chi connectivity index (χ4v) is 1.61. The van der Waals surface area contributed by atoms with Gasteiger partial charge < -0.3 is 9.15 Å². The van der Waals surface area contributed by atoms with Gasteiger partial charge in [-0.25, -0.2) is 4.79 Å². The maximum absolute atomic E-state index is 11.5. The lowest BCUT2D eigenvalue weighted by Crippen LogP contribution is -2.16. The second kappa shape index (κ2) is 5.16. The van der Waals surface area contributed by atoms with Crippen LogP contribution in [-0.2, 0) is 17.9 Å². The minimum absolute atomic E-state index is 0.171. The summed E-state index contributed by atoms with van der Waals surface area (Å²) in [5.74, 6) is -0.262. The molecular weight excluding hydrogens is 244 g/mol. The Morgan fingerprint density at radius 1 is 1.47 bits per heavy atom. The van der Waals surface area contributed by atoms with Gasteiger partial charge in [0.15, 0.2) is 0 Å². The fourth-order valence-electron chi connectivity index (χ4n) is 1.42. The molecule has 6 heteroatoms. The summed E-state index contributed by atoms with van der Waals surface area (Å²) >= 11 is 6.00. The van der Waals surface area contributed by atoms with Gasteiger partial charge in [0.05, 0.1) is 6.54 Å². The maximum atomic E-state index is 11.5. The van der Waals surface area contributed by atoms with E-state index >= 15 is 0 Å². The molecule has 90 valence electrons. The van der Waals surface area contributed by atoms with Crippen molar-refractivity contribution in [2.45, 2.75) is 13.2 Å². The lowest BCUT2D eigenvalue weighted by Gasteiger charge is -2.01. The van der Waals surface area contributed by atoms with E-state index in [2.05, 4.69) is 5.10 Å². The van der Waals surface area contributed by atoms with Crippen LogP contribution in [0, 0.1) is 0 Å². The number of hydrogen-bond acceptors (Lipinski definition) is 4. The van der Waals surface area contributed by atoms with Gasteiger partial charge in [-0.05, 0) is 11.6 Å². The van der Waals surface area contributed by atoms with Crippen molar-refractivity contribution in [2.24, 2.45) is 0 Å². The standard InChI is InChI=1S/C11H11ClN2O3/c1-16-7-10-13-14(11(15)17-10)6-8-4-2-3-5-9(8)12/h2-5H,6-7H2,1H3. The molecule has 0 aliphatic rings. The first-order valence-corrected chi connectivity index (χ1v) is 5.37. The molecule has 1 heterocycles. The first-order chi connectivity index (χ1) is 8.20. The van der Waals surface area contributed by atoms with E-state index in [0.29, 0.717) is 5.02 Å². The van der Waals surface area contributed by atoms with Gasteiger partial charge in [0.1, 0.15) is 6.61 Å². The van der Waals surface area contributed by atoms with Crippen molar-refractivity contribution in [1.82, 2.24) is 9.78 Å². The van der Waals surface area contributed by atoms with E-state index in [4.69, 9.17) is 20.8 Å². The molecule has 0 radical (unpaired) electrons. The van der Waals surface area contributed by atoms with Gasteiger partial charge in [-0.15, -0.1) is 5.10 Å². The topological polar surface area (TPSA) is 57.3 Å². The Balaban J connectivity index is 2.24. The molecule has 0 amide bonds. The monoisotopic (exact) mass is 254 g/mol. The van der Waals surface area contributed by atoms with Gasteiger partial charge in [0.25, 0.3) is 0 Å². The molecule has 2 aromatic rings. The van der Waals surface area contributed by atoms with Gasteiger partial charge in [-0.3, -0.25) is 0 Å². The second-order valence-corrected chi connectivity index (χ2v) is 3.85. The van der Waals surface area contributed by atoms with Crippen LogP contribution >= 0.6 is 11.6 Å². The predicted molar refractivity (Wildman–Crippen MR) is 62.0 cm³/mol. The Morgan fingerprint density at radius 3 is 2.94 bits per heavy atom. The second-order valence-electron chi connectivity index (χ2n) is 3.44. The zero-order valence-electron chi connectivity index (χ0n) is 9.22. The highest BCUT2D eigenvalue weighted by molar-refractivity contribution is 6.31. The van der Waals surface area contributed by atoms with Crippen molar-refractivity contribution in [3.8, 4) is 0 Å². The summed E-state index contributed by atoms with van der Waals surface area (Å²) in [6, 6.07) is 7.27. The van der Waals surface area contributed by atoms with Crippen molar-refractivity contribution in [2.75, 3.05) is 7.11 Å². The number of halogens is 1. The highest BCUT2D eigenvalue weighted by Gasteiger charge is 2.09. The fraction of sp³-hybridized carbons (Fsp3) is 0.273.